The molecule has 1 aliphatic heterocycles. The van der Waals surface area contributed by atoms with E-state index in [-0.39, 0.29) is 6.10 Å². The molecule has 94 valence electrons. The molecule has 0 radical (unpaired) electrons. The van der Waals surface area contributed by atoms with E-state index in [1.165, 1.54) is 0 Å². The highest BCUT2D eigenvalue weighted by Crippen LogP contribution is 2.30. The van der Waals surface area contributed by atoms with Crippen molar-refractivity contribution in [3.63, 3.8) is 0 Å². The van der Waals surface area contributed by atoms with Crippen LogP contribution in [0, 0.1) is 0 Å². The zero-order valence-electron chi connectivity index (χ0n) is 10.6. The Labute approximate surface area is 103 Å². The molecule has 2 atom stereocenters. The van der Waals surface area contributed by atoms with E-state index in [0.29, 0.717) is 12.7 Å². The zero-order chi connectivity index (χ0) is 12.1. The van der Waals surface area contributed by atoms with Gasteiger partial charge < -0.3 is 14.8 Å². The van der Waals surface area contributed by atoms with Crippen LogP contribution in [0.1, 0.15) is 31.9 Å². The Morgan fingerprint density at radius 1 is 1.29 bits per heavy atom. The first-order valence-electron chi connectivity index (χ1n) is 6.43. The normalized spacial score (nSPS) is 24.6. The lowest BCUT2D eigenvalue weighted by Crippen LogP contribution is -2.40. The summed E-state index contributed by atoms with van der Waals surface area (Å²) in [5.74, 6) is 0.943. The van der Waals surface area contributed by atoms with Gasteiger partial charge >= 0.3 is 0 Å². The lowest BCUT2D eigenvalue weighted by atomic mass is 10.1. The molecule has 2 rings (SSSR count). The molecule has 0 aliphatic carbocycles. The monoisotopic (exact) mass is 235 g/mol. The molecule has 1 heterocycles. The Kier molecular flexibility index (Phi) is 4.40. The third kappa shape index (κ3) is 2.99. The lowest BCUT2D eigenvalue weighted by Gasteiger charge is -2.31. The van der Waals surface area contributed by atoms with E-state index < -0.39 is 0 Å². The molecule has 0 amide bonds. The molecular weight excluding hydrogens is 214 g/mol. The van der Waals surface area contributed by atoms with Gasteiger partial charge in [-0.25, -0.2) is 0 Å². The minimum atomic E-state index is 0.108. The maximum atomic E-state index is 6.07. The van der Waals surface area contributed by atoms with Gasteiger partial charge in [0.2, 0.25) is 0 Å². The summed E-state index contributed by atoms with van der Waals surface area (Å²) >= 11 is 0. The van der Waals surface area contributed by atoms with Crippen LogP contribution in [0.5, 0.6) is 5.75 Å². The Morgan fingerprint density at radius 2 is 2.12 bits per heavy atom. The van der Waals surface area contributed by atoms with Crippen molar-refractivity contribution in [1.29, 1.82) is 0 Å². The maximum Gasteiger partial charge on any atom is 0.125 e. The fraction of sp³-hybridized carbons (Fsp3) is 0.571. The van der Waals surface area contributed by atoms with E-state index in [1.54, 1.807) is 0 Å². The van der Waals surface area contributed by atoms with E-state index >= 15 is 0 Å². The Morgan fingerprint density at radius 3 is 2.88 bits per heavy atom. The number of morpholine rings is 1. The molecule has 0 bridgehead atoms. The average Bonchev–Trinajstić information content (AvgIpc) is 2.40. The quantitative estimate of drug-likeness (QED) is 0.870. The van der Waals surface area contributed by atoms with Crippen molar-refractivity contribution in [1.82, 2.24) is 5.32 Å². The first-order valence-corrected chi connectivity index (χ1v) is 6.43. The minimum absolute atomic E-state index is 0.108. The third-order valence-electron chi connectivity index (χ3n) is 3.08. The van der Waals surface area contributed by atoms with Gasteiger partial charge in [-0.15, -0.1) is 0 Å². The second-order valence-electron chi connectivity index (χ2n) is 4.28. The van der Waals surface area contributed by atoms with Crippen molar-refractivity contribution in [2.75, 3.05) is 19.7 Å². The average molecular weight is 235 g/mol. The summed E-state index contributed by atoms with van der Waals surface area (Å²) in [5, 5.41) is 3.42. The predicted molar refractivity (Wildman–Crippen MR) is 68.4 cm³/mol. The van der Waals surface area contributed by atoms with Crippen LogP contribution >= 0.6 is 0 Å². The maximum absolute atomic E-state index is 6.07. The summed E-state index contributed by atoms with van der Waals surface area (Å²) in [4.78, 5) is 0. The van der Waals surface area contributed by atoms with Gasteiger partial charge in [0.05, 0.1) is 18.8 Å². The summed E-state index contributed by atoms with van der Waals surface area (Å²) in [6, 6.07) is 8.14. The van der Waals surface area contributed by atoms with Gasteiger partial charge in [0.1, 0.15) is 5.75 Å². The van der Waals surface area contributed by atoms with Crippen LogP contribution in [-0.2, 0) is 4.74 Å². The van der Waals surface area contributed by atoms with E-state index in [2.05, 4.69) is 18.3 Å². The first kappa shape index (κ1) is 12.4. The van der Waals surface area contributed by atoms with Gasteiger partial charge in [-0.05, 0) is 19.4 Å². The Bertz CT molecular complexity index is 354. The zero-order valence-corrected chi connectivity index (χ0v) is 10.6. The standard InChI is InChI=1S/C14H21NO2/c1-3-11-9-15-10-14(17-11)12-7-5-6-8-13(12)16-4-2/h5-8,11,14-15H,3-4,9-10H2,1-2H3. The van der Waals surface area contributed by atoms with Crippen LogP contribution in [-0.4, -0.2) is 25.8 Å². The van der Waals surface area contributed by atoms with Crippen LogP contribution in [0.4, 0.5) is 0 Å². The summed E-state index contributed by atoms with van der Waals surface area (Å²) in [5.41, 5.74) is 1.15. The number of hydrogen-bond donors (Lipinski definition) is 1. The first-order chi connectivity index (χ1) is 8.35. The van der Waals surface area contributed by atoms with E-state index in [1.807, 2.05) is 25.1 Å². The molecule has 1 N–H and O–H groups in total. The molecule has 17 heavy (non-hydrogen) atoms. The molecule has 1 aromatic rings. The SMILES string of the molecule is CCOc1ccccc1C1CNCC(CC)O1. The van der Waals surface area contributed by atoms with Crippen LogP contribution in [0.2, 0.25) is 0 Å². The van der Waals surface area contributed by atoms with Gasteiger partial charge in [-0.2, -0.15) is 0 Å². The molecule has 0 spiro atoms. The van der Waals surface area contributed by atoms with Crippen LogP contribution in [0.15, 0.2) is 24.3 Å². The fourth-order valence-corrected chi connectivity index (χ4v) is 2.16. The molecule has 3 heteroatoms. The molecular formula is C14H21NO2. The number of ether oxygens (including phenoxy) is 2. The number of rotatable bonds is 4. The van der Waals surface area contributed by atoms with Crippen molar-refractivity contribution in [2.24, 2.45) is 0 Å². The minimum Gasteiger partial charge on any atom is -0.493 e. The molecule has 0 aromatic heterocycles. The van der Waals surface area contributed by atoms with Crippen molar-refractivity contribution in [2.45, 2.75) is 32.5 Å². The Balaban J connectivity index is 2.15. The third-order valence-corrected chi connectivity index (χ3v) is 3.08. The molecule has 1 aromatic carbocycles. The molecule has 1 aliphatic rings. The van der Waals surface area contributed by atoms with Crippen molar-refractivity contribution in [3.8, 4) is 5.75 Å². The molecule has 1 fully saturated rings. The second kappa shape index (κ2) is 6.03. The summed E-state index contributed by atoms with van der Waals surface area (Å²) in [6.45, 7) is 6.66. The highest BCUT2D eigenvalue weighted by molar-refractivity contribution is 5.35. The molecule has 2 unspecified atom stereocenters. The second-order valence-corrected chi connectivity index (χ2v) is 4.28. The van der Waals surface area contributed by atoms with Gasteiger partial charge in [-0.3, -0.25) is 0 Å². The van der Waals surface area contributed by atoms with Crippen LogP contribution < -0.4 is 10.1 Å². The highest BCUT2D eigenvalue weighted by Gasteiger charge is 2.24. The van der Waals surface area contributed by atoms with E-state index in [9.17, 15) is 0 Å². The van der Waals surface area contributed by atoms with Crippen molar-refractivity contribution in [3.05, 3.63) is 29.8 Å². The van der Waals surface area contributed by atoms with Gasteiger partial charge in [0.25, 0.3) is 0 Å². The molecule has 1 saturated heterocycles. The van der Waals surface area contributed by atoms with Crippen molar-refractivity contribution >= 4 is 0 Å². The van der Waals surface area contributed by atoms with Crippen molar-refractivity contribution < 1.29 is 9.47 Å². The molecule has 3 nitrogen and oxygen atoms in total. The van der Waals surface area contributed by atoms with E-state index in [0.717, 1.165) is 30.8 Å². The summed E-state index contributed by atoms with van der Waals surface area (Å²) in [6.07, 6.45) is 1.46. The lowest BCUT2D eigenvalue weighted by molar-refractivity contribution is -0.0410. The fourth-order valence-electron chi connectivity index (χ4n) is 2.16. The van der Waals surface area contributed by atoms with Gasteiger partial charge in [0, 0.05) is 18.7 Å². The summed E-state index contributed by atoms with van der Waals surface area (Å²) < 4.78 is 11.7. The topological polar surface area (TPSA) is 30.5 Å². The predicted octanol–water partition coefficient (Wildman–Crippen LogP) is 2.52. The number of benzene rings is 1. The molecule has 0 saturated carbocycles. The number of para-hydroxylation sites is 1. The van der Waals surface area contributed by atoms with E-state index in [4.69, 9.17) is 9.47 Å². The number of nitrogens with one attached hydrogen (secondary N) is 1. The summed E-state index contributed by atoms with van der Waals surface area (Å²) in [7, 11) is 0. The van der Waals surface area contributed by atoms with Gasteiger partial charge in [0.15, 0.2) is 0 Å². The smallest absolute Gasteiger partial charge is 0.125 e. The highest BCUT2D eigenvalue weighted by atomic mass is 16.5. The van der Waals surface area contributed by atoms with Gasteiger partial charge in [-0.1, -0.05) is 25.1 Å². The van der Waals surface area contributed by atoms with Crippen LogP contribution in [0.3, 0.4) is 0 Å². The largest absolute Gasteiger partial charge is 0.493 e. The Hall–Kier alpha value is -1.06. The van der Waals surface area contributed by atoms with Crippen LogP contribution in [0.25, 0.3) is 0 Å². The number of hydrogen-bond acceptors (Lipinski definition) is 3.